The lowest BCUT2D eigenvalue weighted by Gasteiger charge is -2.00. The predicted octanol–water partition coefficient (Wildman–Crippen LogP) is 3.78. The molecule has 19 heavy (non-hydrogen) atoms. The van der Waals surface area contributed by atoms with Crippen molar-refractivity contribution in [3.63, 3.8) is 0 Å². The molecule has 0 radical (unpaired) electrons. The highest BCUT2D eigenvalue weighted by atomic mass is 16.3. The molecule has 3 heteroatoms. The summed E-state index contributed by atoms with van der Waals surface area (Å²) in [6.07, 6.45) is 0. The number of rotatable bonds is 2. The van der Waals surface area contributed by atoms with E-state index in [1.165, 1.54) is 0 Å². The van der Waals surface area contributed by atoms with Gasteiger partial charge >= 0.3 is 0 Å². The van der Waals surface area contributed by atoms with Gasteiger partial charge in [-0.25, -0.2) is 0 Å². The van der Waals surface area contributed by atoms with Gasteiger partial charge in [-0.1, -0.05) is 24.3 Å². The first-order chi connectivity index (χ1) is 9.22. The van der Waals surface area contributed by atoms with Gasteiger partial charge in [0.1, 0.15) is 11.5 Å². The molecule has 0 fully saturated rings. The van der Waals surface area contributed by atoms with Crippen molar-refractivity contribution in [3.05, 3.63) is 60.7 Å². The number of nitrogen functional groups attached to an aromatic ring is 2. The lowest BCUT2D eigenvalue weighted by Crippen LogP contribution is -1.84. The third-order valence-electron chi connectivity index (χ3n) is 2.95. The molecule has 0 aliphatic carbocycles. The molecular formula is C16H14N2O. The molecule has 0 amide bonds. The summed E-state index contributed by atoms with van der Waals surface area (Å²) in [5, 5.41) is 0. The molecule has 3 nitrogen and oxygen atoms in total. The summed E-state index contributed by atoms with van der Waals surface area (Å²) >= 11 is 0. The Balaban J connectivity index is 2.00. The van der Waals surface area contributed by atoms with E-state index in [-0.39, 0.29) is 0 Å². The van der Waals surface area contributed by atoms with Crippen LogP contribution in [0.5, 0.6) is 0 Å². The van der Waals surface area contributed by atoms with Gasteiger partial charge in [0.2, 0.25) is 0 Å². The zero-order valence-electron chi connectivity index (χ0n) is 10.3. The molecule has 1 heterocycles. The average molecular weight is 250 g/mol. The Bertz CT molecular complexity index is 656. The summed E-state index contributed by atoms with van der Waals surface area (Å²) in [6, 6.07) is 19.1. The molecule has 0 aliphatic heterocycles. The van der Waals surface area contributed by atoms with Gasteiger partial charge in [-0.2, -0.15) is 0 Å². The summed E-state index contributed by atoms with van der Waals surface area (Å²) in [5.74, 6) is 1.59. The molecule has 4 N–H and O–H groups in total. The molecule has 0 saturated carbocycles. The molecule has 0 saturated heterocycles. The van der Waals surface area contributed by atoms with Gasteiger partial charge in [0.05, 0.1) is 0 Å². The van der Waals surface area contributed by atoms with Crippen LogP contribution in [-0.4, -0.2) is 0 Å². The lowest BCUT2D eigenvalue weighted by atomic mass is 10.1. The van der Waals surface area contributed by atoms with Crippen LogP contribution in [0, 0.1) is 0 Å². The fourth-order valence-electron chi connectivity index (χ4n) is 2.03. The highest BCUT2D eigenvalue weighted by molar-refractivity contribution is 5.68. The number of hydrogen-bond donors (Lipinski definition) is 2. The molecule has 0 bridgehead atoms. The number of anilines is 2. The summed E-state index contributed by atoms with van der Waals surface area (Å²) in [7, 11) is 0. The average Bonchev–Trinajstić information content (AvgIpc) is 2.88. The third-order valence-corrected chi connectivity index (χ3v) is 2.95. The SMILES string of the molecule is Nc1cccc(-c2ccc(-c3cccc(N)c3)o2)c1. The molecular weight excluding hydrogens is 236 g/mol. The van der Waals surface area contributed by atoms with Gasteiger partial charge in [-0.05, 0) is 36.4 Å². The van der Waals surface area contributed by atoms with Crippen LogP contribution in [0.4, 0.5) is 11.4 Å². The van der Waals surface area contributed by atoms with Crippen LogP contribution in [0.3, 0.4) is 0 Å². The first-order valence-electron chi connectivity index (χ1n) is 6.04. The summed E-state index contributed by atoms with van der Waals surface area (Å²) in [4.78, 5) is 0. The van der Waals surface area contributed by atoms with Gasteiger partial charge in [0.15, 0.2) is 0 Å². The van der Waals surface area contributed by atoms with E-state index < -0.39 is 0 Å². The van der Waals surface area contributed by atoms with Gasteiger partial charge in [-0.15, -0.1) is 0 Å². The van der Waals surface area contributed by atoms with E-state index in [9.17, 15) is 0 Å². The maximum atomic E-state index is 5.85. The molecule has 0 atom stereocenters. The Morgan fingerprint density at radius 2 is 1.11 bits per heavy atom. The molecule has 0 spiro atoms. The molecule has 1 aromatic heterocycles. The Labute approximate surface area is 111 Å². The number of benzene rings is 2. The maximum absolute atomic E-state index is 5.85. The van der Waals surface area contributed by atoms with E-state index in [1.807, 2.05) is 60.7 Å². The first-order valence-corrected chi connectivity index (χ1v) is 6.04. The van der Waals surface area contributed by atoms with Gasteiger partial charge < -0.3 is 15.9 Å². The van der Waals surface area contributed by atoms with E-state index >= 15 is 0 Å². The largest absolute Gasteiger partial charge is 0.456 e. The van der Waals surface area contributed by atoms with E-state index in [4.69, 9.17) is 15.9 Å². The van der Waals surface area contributed by atoms with Crippen LogP contribution in [0.15, 0.2) is 65.1 Å². The summed E-state index contributed by atoms with van der Waals surface area (Å²) in [5.41, 5.74) is 14.9. The molecule has 0 aliphatic rings. The fraction of sp³-hybridized carbons (Fsp3) is 0. The van der Waals surface area contributed by atoms with Crippen LogP contribution < -0.4 is 11.5 Å². The van der Waals surface area contributed by atoms with E-state index in [1.54, 1.807) is 0 Å². The van der Waals surface area contributed by atoms with Gasteiger partial charge in [-0.3, -0.25) is 0 Å². The van der Waals surface area contributed by atoms with Crippen LogP contribution >= 0.6 is 0 Å². The van der Waals surface area contributed by atoms with Crippen molar-refractivity contribution in [1.82, 2.24) is 0 Å². The Hall–Kier alpha value is -2.68. The Morgan fingerprint density at radius 1 is 0.632 bits per heavy atom. The quantitative estimate of drug-likeness (QED) is 0.680. The molecule has 3 rings (SSSR count). The monoisotopic (exact) mass is 250 g/mol. The second-order valence-electron chi connectivity index (χ2n) is 4.41. The van der Waals surface area contributed by atoms with Crippen molar-refractivity contribution in [3.8, 4) is 22.6 Å². The standard InChI is InChI=1S/C16H14N2O/c17-13-5-1-3-11(9-13)15-7-8-16(19-15)12-4-2-6-14(18)10-12/h1-10H,17-18H2. The molecule has 2 aromatic carbocycles. The Morgan fingerprint density at radius 3 is 1.53 bits per heavy atom. The molecule has 0 unspecified atom stereocenters. The zero-order chi connectivity index (χ0) is 13.2. The highest BCUT2D eigenvalue weighted by Crippen LogP contribution is 2.29. The smallest absolute Gasteiger partial charge is 0.134 e. The number of hydrogen-bond acceptors (Lipinski definition) is 3. The minimum atomic E-state index is 0.722. The van der Waals surface area contributed by atoms with Crippen molar-refractivity contribution in [2.75, 3.05) is 11.5 Å². The number of furan rings is 1. The second kappa shape index (κ2) is 4.53. The van der Waals surface area contributed by atoms with E-state index in [0.29, 0.717) is 0 Å². The maximum Gasteiger partial charge on any atom is 0.134 e. The fourth-order valence-corrected chi connectivity index (χ4v) is 2.03. The van der Waals surface area contributed by atoms with Crippen molar-refractivity contribution >= 4 is 11.4 Å². The molecule has 94 valence electrons. The molecule has 3 aromatic rings. The second-order valence-corrected chi connectivity index (χ2v) is 4.41. The minimum Gasteiger partial charge on any atom is -0.456 e. The van der Waals surface area contributed by atoms with Gasteiger partial charge in [0.25, 0.3) is 0 Å². The van der Waals surface area contributed by atoms with Crippen molar-refractivity contribution in [2.45, 2.75) is 0 Å². The van der Waals surface area contributed by atoms with Gasteiger partial charge in [0, 0.05) is 22.5 Å². The van der Waals surface area contributed by atoms with Crippen LogP contribution in [0.1, 0.15) is 0 Å². The van der Waals surface area contributed by atoms with E-state index in [0.717, 1.165) is 34.0 Å². The summed E-state index contributed by atoms with van der Waals surface area (Å²) < 4.78 is 5.85. The van der Waals surface area contributed by atoms with Crippen molar-refractivity contribution in [1.29, 1.82) is 0 Å². The Kier molecular flexibility index (Phi) is 2.72. The van der Waals surface area contributed by atoms with Crippen LogP contribution in [-0.2, 0) is 0 Å². The third kappa shape index (κ3) is 2.31. The zero-order valence-corrected chi connectivity index (χ0v) is 10.3. The number of nitrogens with two attached hydrogens (primary N) is 2. The van der Waals surface area contributed by atoms with Crippen LogP contribution in [0.25, 0.3) is 22.6 Å². The predicted molar refractivity (Wildman–Crippen MR) is 78.4 cm³/mol. The minimum absolute atomic E-state index is 0.722. The van der Waals surface area contributed by atoms with Crippen molar-refractivity contribution < 1.29 is 4.42 Å². The first kappa shape index (κ1) is 11.4. The lowest BCUT2D eigenvalue weighted by molar-refractivity contribution is 0.597. The normalized spacial score (nSPS) is 10.5. The highest BCUT2D eigenvalue weighted by Gasteiger charge is 2.07. The topological polar surface area (TPSA) is 65.2 Å². The van der Waals surface area contributed by atoms with E-state index in [2.05, 4.69) is 0 Å². The summed E-state index contributed by atoms with van der Waals surface area (Å²) in [6.45, 7) is 0. The van der Waals surface area contributed by atoms with Crippen molar-refractivity contribution in [2.24, 2.45) is 0 Å². The van der Waals surface area contributed by atoms with Crippen LogP contribution in [0.2, 0.25) is 0 Å².